The Bertz CT molecular complexity index is 1200. The average Bonchev–Trinajstić information content (AvgIpc) is 2.77. The van der Waals surface area contributed by atoms with Gasteiger partial charge in [-0.15, -0.1) is 0 Å². The number of hydrogen-bond donors (Lipinski definition) is 7. The van der Waals surface area contributed by atoms with Crippen molar-refractivity contribution < 1.29 is 49.6 Å². The third kappa shape index (κ3) is 3.72. The maximum Gasteiger partial charge on any atom is 0.229 e. The fourth-order valence-electron chi connectivity index (χ4n) is 3.39. The molecule has 0 aliphatic carbocycles. The molecule has 1 aliphatic heterocycles. The summed E-state index contributed by atoms with van der Waals surface area (Å²) in [6, 6.07) is 7.44. The van der Waals surface area contributed by atoms with Gasteiger partial charge >= 0.3 is 0 Å². The summed E-state index contributed by atoms with van der Waals surface area (Å²) in [6.07, 6.45) is -7.74. The highest BCUT2D eigenvalue weighted by atomic mass is 16.7. The first-order valence-electron chi connectivity index (χ1n) is 9.50. The van der Waals surface area contributed by atoms with Gasteiger partial charge in [0.25, 0.3) is 0 Å². The molecular formula is C21H20O11. The summed E-state index contributed by atoms with van der Waals surface area (Å²) in [5.74, 6) is -1.70. The van der Waals surface area contributed by atoms with Crippen molar-refractivity contribution in [3.63, 3.8) is 0 Å². The van der Waals surface area contributed by atoms with Gasteiger partial charge in [-0.2, -0.15) is 0 Å². The summed E-state index contributed by atoms with van der Waals surface area (Å²) < 4.78 is 16.3. The van der Waals surface area contributed by atoms with Crippen LogP contribution in [0.2, 0.25) is 0 Å². The summed E-state index contributed by atoms with van der Waals surface area (Å²) in [6.45, 7) is -0.660. The Morgan fingerprint density at radius 1 is 0.906 bits per heavy atom. The molecule has 0 radical (unpaired) electrons. The standard InChI is InChI=1S/C21H20O11/c22-7-15-16(26)18(28)19(29)21(32-15)31-13-4-2-9-11(24)6-14(30-20(9)17(13)27)8-1-3-10(23)12(25)5-8/h1-6,15-16,18-19,21-23,25-29H,7H2/t15-,16+,18+,19+,21-/m0/s1. The van der Waals surface area contributed by atoms with E-state index in [-0.39, 0.29) is 33.8 Å². The van der Waals surface area contributed by atoms with Crippen LogP contribution in [0.25, 0.3) is 22.3 Å². The number of phenolic OH excluding ortho intramolecular Hbond substituents is 3. The number of phenols is 3. The highest BCUT2D eigenvalue weighted by Gasteiger charge is 2.45. The van der Waals surface area contributed by atoms with E-state index in [1.165, 1.54) is 30.3 Å². The minimum Gasteiger partial charge on any atom is -0.504 e. The van der Waals surface area contributed by atoms with Crippen molar-refractivity contribution in [3.8, 4) is 34.3 Å². The van der Waals surface area contributed by atoms with Gasteiger partial charge in [0, 0.05) is 11.6 Å². The van der Waals surface area contributed by atoms with E-state index in [2.05, 4.69) is 0 Å². The van der Waals surface area contributed by atoms with Crippen LogP contribution in [0.15, 0.2) is 45.6 Å². The maximum atomic E-state index is 12.5. The minimum absolute atomic E-state index is 0.00963. The number of aromatic hydroxyl groups is 3. The quantitative estimate of drug-likeness (QED) is 0.261. The SMILES string of the molecule is O=c1cc(-c2ccc(O)c(O)c2)oc2c(O)c(O[C@H]3O[C@@H](CO)[C@@H](O)[C@@H](O)[C@H]3O)ccc12. The first-order chi connectivity index (χ1) is 15.2. The van der Waals surface area contributed by atoms with Crippen LogP contribution < -0.4 is 10.2 Å². The lowest BCUT2D eigenvalue weighted by Gasteiger charge is -2.39. The molecule has 4 rings (SSSR count). The summed E-state index contributed by atoms with van der Waals surface area (Å²) >= 11 is 0. The Hall–Kier alpha value is -3.35. The van der Waals surface area contributed by atoms with Crippen LogP contribution in [0.1, 0.15) is 0 Å². The number of benzene rings is 2. The predicted octanol–water partition coefficient (Wildman–Crippen LogP) is -0.245. The third-order valence-corrected chi connectivity index (χ3v) is 5.19. The van der Waals surface area contributed by atoms with Crippen LogP contribution in [-0.4, -0.2) is 73.1 Å². The Labute approximate surface area is 179 Å². The van der Waals surface area contributed by atoms with E-state index in [4.69, 9.17) is 13.9 Å². The van der Waals surface area contributed by atoms with Crippen molar-refractivity contribution >= 4 is 11.0 Å². The number of aliphatic hydroxyl groups excluding tert-OH is 4. The maximum absolute atomic E-state index is 12.5. The van der Waals surface area contributed by atoms with Gasteiger partial charge < -0.3 is 49.6 Å². The lowest BCUT2D eigenvalue weighted by atomic mass is 9.99. The van der Waals surface area contributed by atoms with E-state index in [0.29, 0.717) is 0 Å². The van der Waals surface area contributed by atoms with Crippen LogP contribution in [-0.2, 0) is 4.74 Å². The molecule has 1 aliphatic rings. The molecule has 0 saturated carbocycles. The Balaban J connectivity index is 1.73. The molecule has 0 bridgehead atoms. The molecule has 0 spiro atoms. The zero-order valence-corrected chi connectivity index (χ0v) is 16.3. The van der Waals surface area contributed by atoms with Crippen molar-refractivity contribution in [2.75, 3.05) is 6.61 Å². The van der Waals surface area contributed by atoms with E-state index in [1.54, 1.807) is 0 Å². The summed E-state index contributed by atoms with van der Waals surface area (Å²) in [5, 5.41) is 69.0. The first-order valence-corrected chi connectivity index (χ1v) is 9.50. The van der Waals surface area contributed by atoms with Gasteiger partial charge in [0.05, 0.1) is 12.0 Å². The molecule has 170 valence electrons. The molecular weight excluding hydrogens is 428 g/mol. The molecule has 2 aromatic carbocycles. The van der Waals surface area contributed by atoms with Crippen LogP contribution >= 0.6 is 0 Å². The monoisotopic (exact) mass is 448 g/mol. The van der Waals surface area contributed by atoms with E-state index in [1.807, 2.05) is 0 Å². The number of rotatable bonds is 4. The van der Waals surface area contributed by atoms with E-state index in [0.717, 1.165) is 6.07 Å². The van der Waals surface area contributed by atoms with E-state index >= 15 is 0 Å². The Morgan fingerprint density at radius 3 is 2.34 bits per heavy atom. The van der Waals surface area contributed by atoms with Crippen LogP contribution in [0.3, 0.4) is 0 Å². The second-order valence-electron chi connectivity index (χ2n) is 7.28. The predicted molar refractivity (Wildman–Crippen MR) is 107 cm³/mol. The van der Waals surface area contributed by atoms with Crippen molar-refractivity contribution in [1.29, 1.82) is 0 Å². The molecule has 11 heteroatoms. The molecule has 11 nitrogen and oxygen atoms in total. The van der Waals surface area contributed by atoms with Gasteiger partial charge in [-0.25, -0.2) is 0 Å². The Morgan fingerprint density at radius 2 is 1.66 bits per heavy atom. The van der Waals surface area contributed by atoms with Gasteiger partial charge in [-0.05, 0) is 30.3 Å². The van der Waals surface area contributed by atoms with Gasteiger partial charge in [0.15, 0.2) is 28.3 Å². The highest BCUT2D eigenvalue weighted by Crippen LogP contribution is 2.38. The fraction of sp³-hybridized carbons (Fsp3) is 0.286. The molecule has 1 saturated heterocycles. The number of ether oxygens (including phenoxy) is 2. The van der Waals surface area contributed by atoms with Crippen LogP contribution in [0.4, 0.5) is 0 Å². The minimum atomic E-state index is -1.71. The van der Waals surface area contributed by atoms with Gasteiger partial charge in [0.2, 0.25) is 12.0 Å². The van der Waals surface area contributed by atoms with Crippen LogP contribution in [0, 0.1) is 0 Å². The van der Waals surface area contributed by atoms with Gasteiger partial charge in [0.1, 0.15) is 30.2 Å². The van der Waals surface area contributed by atoms with Crippen molar-refractivity contribution in [2.24, 2.45) is 0 Å². The highest BCUT2D eigenvalue weighted by molar-refractivity contribution is 5.86. The average molecular weight is 448 g/mol. The first kappa shape index (κ1) is 21.9. The van der Waals surface area contributed by atoms with Gasteiger partial charge in [-0.3, -0.25) is 4.79 Å². The fourth-order valence-corrected chi connectivity index (χ4v) is 3.39. The molecule has 1 fully saturated rings. The second kappa shape index (κ2) is 8.30. The zero-order valence-electron chi connectivity index (χ0n) is 16.3. The van der Waals surface area contributed by atoms with Crippen molar-refractivity contribution in [1.82, 2.24) is 0 Å². The summed E-state index contributed by atoms with van der Waals surface area (Å²) in [5.41, 5.74) is -0.524. The number of fused-ring (bicyclic) bond motifs is 1. The lowest BCUT2D eigenvalue weighted by molar-refractivity contribution is -0.277. The normalized spacial score (nSPS) is 25.7. The second-order valence-corrected chi connectivity index (χ2v) is 7.28. The molecule has 0 unspecified atom stereocenters. The molecule has 3 aromatic rings. The van der Waals surface area contributed by atoms with E-state index < -0.39 is 54.2 Å². The molecule has 2 heterocycles. The molecule has 7 N–H and O–H groups in total. The zero-order chi connectivity index (χ0) is 23.2. The molecule has 32 heavy (non-hydrogen) atoms. The number of hydrogen-bond acceptors (Lipinski definition) is 11. The van der Waals surface area contributed by atoms with E-state index in [9.17, 15) is 40.5 Å². The number of aliphatic hydroxyl groups is 4. The third-order valence-electron chi connectivity index (χ3n) is 5.19. The summed E-state index contributed by atoms with van der Waals surface area (Å²) in [4.78, 5) is 12.5. The molecule has 1 aromatic heterocycles. The molecule has 0 amide bonds. The smallest absolute Gasteiger partial charge is 0.229 e. The Kier molecular flexibility index (Phi) is 5.67. The largest absolute Gasteiger partial charge is 0.504 e. The lowest BCUT2D eigenvalue weighted by Crippen LogP contribution is -2.60. The van der Waals surface area contributed by atoms with Gasteiger partial charge in [-0.1, -0.05) is 0 Å². The summed E-state index contributed by atoms with van der Waals surface area (Å²) in [7, 11) is 0. The van der Waals surface area contributed by atoms with Crippen molar-refractivity contribution in [2.45, 2.75) is 30.7 Å². The van der Waals surface area contributed by atoms with Crippen LogP contribution in [0.5, 0.6) is 23.0 Å². The topological polar surface area (TPSA) is 190 Å². The molecule has 5 atom stereocenters. The van der Waals surface area contributed by atoms with Crippen molar-refractivity contribution in [3.05, 3.63) is 46.6 Å².